The van der Waals surface area contributed by atoms with E-state index in [1.165, 1.54) is 0 Å². The average molecular weight is 369 g/mol. The number of aliphatic hydroxyl groups excluding tert-OH is 1. The molecule has 7 N–H and O–H groups in total. The molecule has 23 heavy (non-hydrogen) atoms. The molecule has 0 radical (unpaired) electrons. The average Bonchev–Trinajstić information content (AvgIpc) is 2.47. The number of rotatable bonds is 10. The van der Waals surface area contributed by atoms with Gasteiger partial charge in [0.1, 0.15) is 10.7 Å². The number of unbranched alkanes of at least 4 members (excludes halogenated alkanes) is 1. The summed E-state index contributed by atoms with van der Waals surface area (Å²) >= 11 is 5.92. The molecule has 0 amide bonds. The third-order valence-electron chi connectivity index (χ3n) is 3.08. The second-order valence-electron chi connectivity index (χ2n) is 5.04. The monoisotopic (exact) mass is 368 g/mol. The fourth-order valence-electron chi connectivity index (χ4n) is 1.83. The van der Waals surface area contributed by atoms with Crippen LogP contribution < -0.4 is 21.5 Å². The summed E-state index contributed by atoms with van der Waals surface area (Å²) in [6, 6.07) is 2.00. The van der Waals surface area contributed by atoms with Crippen molar-refractivity contribution in [3.63, 3.8) is 0 Å². The normalized spacial score (nSPS) is 13.1. The van der Waals surface area contributed by atoms with E-state index in [0.717, 1.165) is 25.0 Å². The molecule has 0 heterocycles. The molecular formula is C13H22ClFN4O3S. The molecule has 0 bridgehead atoms. The molecule has 132 valence electrons. The van der Waals surface area contributed by atoms with Crippen molar-refractivity contribution < 1.29 is 17.9 Å². The molecule has 0 aromatic heterocycles. The van der Waals surface area contributed by atoms with Crippen LogP contribution in [0.15, 0.2) is 17.0 Å². The Hall–Kier alpha value is -0.970. The molecule has 0 fully saturated rings. The van der Waals surface area contributed by atoms with E-state index >= 15 is 0 Å². The van der Waals surface area contributed by atoms with Gasteiger partial charge < -0.3 is 21.5 Å². The van der Waals surface area contributed by atoms with Crippen molar-refractivity contribution in [3.05, 3.63) is 23.0 Å². The third kappa shape index (κ3) is 6.98. The fraction of sp³-hybridized carbons (Fsp3) is 0.538. The number of anilines is 1. The maximum Gasteiger partial charge on any atom is 0.241 e. The first kappa shape index (κ1) is 20.1. The molecular weight excluding hydrogens is 347 g/mol. The topological polar surface area (TPSA) is 130 Å². The van der Waals surface area contributed by atoms with E-state index < -0.39 is 26.8 Å². The van der Waals surface area contributed by atoms with E-state index in [4.69, 9.17) is 22.5 Å². The quantitative estimate of drug-likeness (QED) is 0.376. The molecule has 1 unspecified atom stereocenters. The molecule has 0 aliphatic rings. The summed E-state index contributed by atoms with van der Waals surface area (Å²) < 4.78 is 36.1. The fourth-order valence-corrected chi connectivity index (χ4v) is 2.74. The zero-order chi connectivity index (χ0) is 17.5. The number of nitrogens with one attached hydrogen (secondary N) is 2. The lowest BCUT2D eigenvalue weighted by Gasteiger charge is -2.11. The van der Waals surface area contributed by atoms with Crippen LogP contribution in [-0.4, -0.2) is 45.8 Å². The summed E-state index contributed by atoms with van der Waals surface area (Å²) in [5.74, 6) is -0.947. The Kier molecular flexibility index (Phi) is 8.17. The zero-order valence-corrected chi connectivity index (χ0v) is 14.1. The number of hydrogen-bond acceptors (Lipinski definition) is 6. The van der Waals surface area contributed by atoms with E-state index in [1.807, 2.05) is 0 Å². The highest BCUT2D eigenvalue weighted by atomic mass is 35.5. The van der Waals surface area contributed by atoms with Crippen molar-refractivity contribution in [2.24, 2.45) is 10.9 Å². The van der Waals surface area contributed by atoms with Gasteiger partial charge in [-0.3, -0.25) is 0 Å². The highest BCUT2D eigenvalue weighted by molar-refractivity contribution is 7.89. The summed E-state index contributed by atoms with van der Waals surface area (Å²) in [4.78, 5) is -0.629. The number of nitrogens with two attached hydrogens (primary N) is 2. The van der Waals surface area contributed by atoms with Gasteiger partial charge in [-0.1, -0.05) is 11.6 Å². The smallest absolute Gasteiger partial charge is 0.241 e. The minimum absolute atomic E-state index is 0.0830. The van der Waals surface area contributed by atoms with Crippen LogP contribution in [0.2, 0.25) is 5.02 Å². The van der Waals surface area contributed by atoms with Gasteiger partial charge in [-0.05, 0) is 31.5 Å². The summed E-state index contributed by atoms with van der Waals surface area (Å²) in [6.07, 6.45) is 1.06. The number of aliphatic hydroxyl groups is 1. The molecule has 0 aliphatic heterocycles. The van der Waals surface area contributed by atoms with Crippen molar-refractivity contribution in [1.29, 1.82) is 0 Å². The molecule has 0 saturated heterocycles. The van der Waals surface area contributed by atoms with E-state index in [9.17, 15) is 17.9 Å². The van der Waals surface area contributed by atoms with E-state index in [-0.39, 0.29) is 11.6 Å². The van der Waals surface area contributed by atoms with Gasteiger partial charge in [0, 0.05) is 19.6 Å². The maximum atomic E-state index is 13.7. The second-order valence-corrected chi connectivity index (χ2v) is 6.97. The van der Waals surface area contributed by atoms with Gasteiger partial charge in [-0.25, -0.2) is 17.9 Å². The Morgan fingerprint density at radius 2 is 1.96 bits per heavy atom. The van der Waals surface area contributed by atoms with E-state index in [0.29, 0.717) is 25.3 Å². The molecule has 1 rings (SSSR count). The van der Waals surface area contributed by atoms with Crippen molar-refractivity contribution in [2.45, 2.75) is 23.8 Å². The van der Waals surface area contributed by atoms with E-state index in [1.54, 1.807) is 0 Å². The highest BCUT2D eigenvalue weighted by Gasteiger charge is 2.17. The zero-order valence-electron chi connectivity index (χ0n) is 12.6. The molecule has 10 heteroatoms. The molecule has 0 aliphatic carbocycles. The highest BCUT2D eigenvalue weighted by Crippen LogP contribution is 2.27. The lowest BCUT2D eigenvalue weighted by molar-refractivity contribution is 0.179. The molecule has 0 spiro atoms. The van der Waals surface area contributed by atoms with Crippen LogP contribution in [0.4, 0.5) is 10.1 Å². The standard InChI is InChI=1S/C13H22ClFN4O3S/c14-10-5-13(23(17,21)22)11(15)6-12(10)19-4-2-1-3-18-8-9(20)7-16/h5-6,9,18-20H,1-4,7-8,16H2,(H2,17,21,22). The maximum absolute atomic E-state index is 13.7. The van der Waals surface area contributed by atoms with Crippen LogP contribution in [0.25, 0.3) is 0 Å². The van der Waals surface area contributed by atoms with Gasteiger partial charge in [0.2, 0.25) is 10.0 Å². The van der Waals surface area contributed by atoms with Crippen molar-refractivity contribution >= 4 is 27.3 Å². The first-order valence-electron chi connectivity index (χ1n) is 7.10. The Morgan fingerprint density at radius 3 is 2.57 bits per heavy atom. The lowest BCUT2D eigenvalue weighted by atomic mass is 10.2. The van der Waals surface area contributed by atoms with Crippen LogP contribution in [0.3, 0.4) is 0 Å². The Morgan fingerprint density at radius 1 is 1.30 bits per heavy atom. The minimum Gasteiger partial charge on any atom is -0.390 e. The van der Waals surface area contributed by atoms with Gasteiger partial charge in [0.25, 0.3) is 0 Å². The first-order chi connectivity index (χ1) is 10.8. The van der Waals surface area contributed by atoms with Crippen LogP contribution in [0.1, 0.15) is 12.8 Å². The van der Waals surface area contributed by atoms with Crippen LogP contribution in [-0.2, 0) is 10.0 Å². The molecule has 0 saturated carbocycles. The van der Waals surface area contributed by atoms with Gasteiger partial charge >= 0.3 is 0 Å². The molecule has 1 aromatic rings. The number of primary sulfonamides is 1. The van der Waals surface area contributed by atoms with Gasteiger partial charge in [-0.15, -0.1) is 0 Å². The summed E-state index contributed by atoms with van der Waals surface area (Å²) in [7, 11) is -4.14. The Labute approximate surface area is 140 Å². The van der Waals surface area contributed by atoms with Gasteiger partial charge in [-0.2, -0.15) is 0 Å². The van der Waals surface area contributed by atoms with Gasteiger partial charge in [0.15, 0.2) is 0 Å². The molecule has 1 atom stereocenters. The van der Waals surface area contributed by atoms with Crippen LogP contribution in [0, 0.1) is 5.82 Å². The number of sulfonamides is 1. The van der Waals surface area contributed by atoms with Crippen molar-refractivity contribution in [1.82, 2.24) is 5.32 Å². The molecule has 1 aromatic carbocycles. The van der Waals surface area contributed by atoms with Crippen LogP contribution >= 0.6 is 11.6 Å². The second kappa shape index (κ2) is 9.36. The van der Waals surface area contributed by atoms with Crippen LogP contribution in [0.5, 0.6) is 0 Å². The number of hydrogen-bond donors (Lipinski definition) is 5. The Balaban J connectivity index is 2.40. The Bertz CT molecular complexity index is 615. The predicted molar refractivity (Wildman–Crippen MR) is 88.4 cm³/mol. The van der Waals surface area contributed by atoms with E-state index in [2.05, 4.69) is 10.6 Å². The SMILES string of the molecule is NCC(O)CNCCCCNc1cc(F)c(S(N)(=O)=O)cc1Cl. The minimum atomic E-state index is -4.14. The predicted octanol–water partition coefficient (Wildman–Crippen LogP) is 0.228. The summed E-state index contributed by atoms with van der Waals surface area (Å²) in [5, 5.41) is 20.2. The molecule has 7 nitrogen and oxygen atoms in total. The van der Waals surface area contributed by atoms with Crippen molar-refractivity contribution in [2.75, 3.05) is 31.5 Å². The third-order valence-corrected chi connectivity index (χ3v) is 4.31. The van der Waals surface area contributed by atoms with Crippen molar-refractivity contribution in [3.8, 4) is 0 Å². The summed E-state index contributed by atoms with van der Waals surface area (Å²) in [5.41, 5.74) is 5.58. The largest absolute Gasteiger partial charge is 0.390 e. The lowest BCUT2D eigenvalue weighted by Crippen LogP contribution is -2.33. The van der Waals surface area contributed by atoms with Gasteiger partial charge in [0.05, 0.1) is 16.8 Å². The summed E-state index contributed by atoms with van der Waals surface area (Å²) in [6.45, 7) is 1.91. The number of halogens is 2. The number of benzene rings is 1. The first-order valence-corrected chi connectivity index (χ1v) is 9.02.